The third kappa shape index (κ3) is 4.43. The number of ether oxygens (including phenoxy) is 1. The quantitative estimate of drug-likeness (QED) is 0.853. The molecule has 2 aliphatic rings. The van der Waals surface area contributed by atoms with Gasteiger partial charge in [0.05, 0.1) is 4.90 Å². The third-order valence-electron chi connectivity index (χ3n) is 4.47. The average Bonchev–Trinajstić information content (AvgIpc) is 3.05. The molecule has 0 spiro atoms. The van der Waals surface area contributed by atoms with Gasteiger partial charge in [0, 0.05) is 51.4 Å². The number of piperazine rings is 1. The summed E-state index contributed by atoms with van der Waals surface area (Å²) < 4.78 is 67.6. The largest absolute Gasteiger partial charge is 0.573 e. The van der Waals surface area contributed by atoms with E-state index < -0.39 is 22.1 Å². The molecule has 0 saturated carbocycles. The summed E-state index contributed by atoms with van der Waals surface area (Å²) in [4.78, 5) is 2.07. The van der Waals surface area contributed by atoms with Crippen LogP contribution in [0, 0.1) is 0 Å². The monoisotopic (exact) mass is 379 g/mol. The lowest BCUT2D eigenvalue weighted by Gasteiger charge is -2.32. The number of benzene rings is 1. The number of halogens is 3. The molecule has 0 aliphatic carbocycles. The molecule has 2 aliphatic heterocycles. The summed E-state index contributed by atoms with van der Waals surface area (Å²) >= 11 is 0. The number of alkyl halides is 3. The first-order valence-electron chi connectivity index (χ1n) is 8.06. The second-order valence-corrected chi connectivity index (χ2v) is 8.05. The number of hydrogen-bond donors (Lipinski definition) is 1. The van der Waals surface area contributed by atoms with Gasteiger partial charge in [-0.3, -0.25) is 4.90 Å². The molecular weight excluding hydrogens is 359 g/mol. The molecule has 0 amide bonds. The van der Waals surface area contributed by atoms with Crippen LogP contribution < -0.4 is 10.1 Å². The molecule has 1 N–H and O–H groups in total. The lowest BCUT2D eigenvalue weighted by Crippen LogP contribution is -2.49. The van der Waals surface area contributed by atoms with Gasteiger partial charge in [0.1, 0.15) is 5.75 Å². The predicted octanol–water partition coefficient (Wildman–Crippen LogP) is 1.25. The minimum absolute atomic E-state index is 0.145. The van der Waals surface area contributed by atoms with Gasteiger partial charge in [0.15, 0.2) is 0 Å². The standard InChI is InChI=1S/C15H20F3N3O3S/c16-15(17,18)24-13-2-1-3-14(10-13)25(22,23)21-7-4-12(11-21)20-8-5-19-6-9-20/h1-3,10,12,19H,4-9,11H2. The molecule has 25 heavy (non-hydrogen) atoms. The van der Waals surface area contributed by atoms with Crippen LogP contribution in [0.25, 0.3) is 0 Å². The van der Waals surface area contributed by atoms with Crippen LogP contribution in [-0.4, -0.2) is 69.3 Å². The molecule has 2 fully saturated rings. The van der Waals surface area contributed by atoms with E-state index >= 15 is 0 Å². The third-order valence-corrected chi connectivity index (χ3v) is 6.33. The summed E-state index contributed by atoms with van der Waals surface area (Å²) in [6.45, 7) is 4.20. The molecule has 0 radical (unpaired) electrons. The smallest absolute Gasteiger partial charge is 0.406 e. The molecule has 1 aromatic carbocycles. The fraction of sp³-hybridized carbons (Fsp3) is 0.600. The van der Waals surface area contributed by atoms with Gasteiger partial charge in [-0.05, 0) is 18.6 Å². The van der Waals surface area contributed by atoms with E-state index in [2.05, 4.69) is 15.0 Å². The van der Waals surface area contributed by atoms with Gasteiger partial charge in [-0.25, -0.2) is 8.42 Å². The number of nitrogens with zero attached hydrogens (tertiary/aromatic N) is 2. The average molecular weight is 379 g/mol. The summed E-state index contributed by atoms with van der Waals surface area (Å²) in [5.74, 6) is -0.536. The van der Waals surface area contributed by atoms with Crippen LogP contribution in [0.5, 0.6) is 5.75 Å². The van der Waals surface area contributed by atoms with E-state index in [0.29, 0.717) is 13.1 Å². The van der Waals surface area contributed by atoms with Gasteiger partial charge in [-0.2, -0.15) is 4.31 Å². The van der Waals surface area contributed by atoms with Crippen molar-refractivity contribution in [2.45, 2.75) is 23.7 Å². The van der Waals surface area contributed by atoms with Crippen LogP contribution in [0.1, 0.15) is 6.42 Å². The summed E-state index contributed by atoms with van der Waals surface area (Å²) in [6.07, 6.45) is -4.14. The minimum Gasteiger partial charge on any atom is -0.406 e. The Kier molecular flexibility index (Phi) is 5.24. The van der Waals surface area contributed by atoms with E-state index in [4.69, 9.17) is 0 Å². The molecule has 1 unspecified atom stereocenters. The van der Waals surface area contributed by atoms with Gasteiger partial charge in [0.25, 0.3) is 0 Å². The highest BCUT2D eigenvalue weighted by Crippen LogP contribution is 2.28. The van der Waals surface area contributed by atoms with Crippen molar-refractivity contribution >= 4 is 10.0 Å². The Balaban J connectivity index is 1.72. The predicted molar refractivity (Wildman–Crippen MR) is 84.7 cm³/mol. The molecule has 0 bridgehead atoms. The topological polar surface area (TPSA) is 61.9 Å². The Morgan fingerprint density at radius 1 is 1.16 bits per heavy atom. The molecular formula is C15H20F3N3O3S. The highest BCUT2D eigenvalue weighted by molar-refractivity contribution is 7.89. The van der Waals surface area contributed by atoms with E-state index in [0.717, 1.165) is 44.7 Å². The van der Waals surface area contributed by atoms with Gasteiger partial charge in [-0.15, -0.1) is 13.2 Å². The molecule has 3 rings (SSSR count). The normalized spacial score (nSPS) is 23.7. The number of nitrogens with one attached hydrogen (secondary N) is 1. The molecule has 140 valence electrons. The van der Waals surface area contributed by atoms with Crippen molar-refractivity contribution in [2.24, 2.45) is 0 Å². The van der Waals surface area contributed by atoms with Crippen molar-refractivity contribution in [3.8, 4) is 5.75 Å². The first kappa shape index (κ1) is 18.4. The summed E-state index contributed by atoms with van der Waals surface area (Å²) in [5.41, 5.74) is 0. The maximum Gasteiger partial charge on any atom is 0.573 e. The van der Waals surface area contributed by atoms with Crippen molar-refractivity contribution < 1.29 is 26.3 Å². The van der Waals surface area contributed by atoms with Gasteiger partial charge >= 0.3 is 6.36 Å². The Morgan fingerprint density at radius 3 is 2.56 bits per heavy atom. The zero-order chi connectivity index (χ0) is 18.1. The van der Waals surface area contributed by atoms with Gasteiger partial charge in [-0.1, -0.05) is 6.07 Å². The minimum atomic E-state index is -4.86. The lowest BCUT2D eigenvalue weighted by molar-refractivity contribution is -0.274. The molecule has 0 aromatic heterocycles. The first-order valence-corrected chi connectivity index (χ1v) is 9.50. The Bertz CT molecular complexity index is 705. The van der Waals surface area contributed by atoms with Crippen molar-refractivity contribution in [1.82, 2.24) is 14.5 Å². The van der Waals surface area contributed by atoms with Crippen LogP contribution in [0.15, 0.2) is 29.2 Å². The van der Waals surface area contributed by atoms with E-state index in [1.54, 1.807) is 0 Å². The SMILES string of the molecule is O=S(=O)(c1cccc(OC(F)(F)F)c1)N1CCC(N2CCNCC2)C1. The highest BCUT2D eigenvalue weighted by Gasteiger charge is 2.36. The van der Waals surface area contributed by atoms with E-state index in [9.17, 15) is 21.6 Å². The Labute approximate surface area is 144 Å². The molecule has 1 aromatic rings. The second-order valence-electron chi connectivity index (χ2n) is 6.11. The molecule has 2 saturated heterocycles. The van der Waals surface area contributed by atoms with Gasteiger partial charge < -0.3 is 10.1 Å². The highest BCUT2D eigenvalue weighted by atomic mass is 32.2. The van der Waals surface area contributed by atoms with Crippen LogP contribution in [0.3, 0.4) is 0 Å². The van der Waals surface area contributed by atoms with Crippen LogP contribution in [0.4, 0.5) is 13.2 Å². The first-order chi connectivity index (χ1) is 11.8. The molecule has 1 atom stereocenters. The van der Waals surface area contributed by atoms with Crippen molar-refractivity contribution in [2.75, 3.05) is 39.3 Å². The van der Waals surface area contributed by atoms with Crippen LogP contribution in [-0.2, 0) is 10.0 Å². The number of hydrogen-bond acceptors (Lipinski definition) is 5. The summed E-state index contributed by atoms with van der Waals surface area (Å²) in [5, 5.41) is 3.25. The van der Waals surface area contributed by atoms with E-state index in [1.165, 1.54) is 16.4 Å². The van der Waals surface area contributed by atoms with Crippen molar-refractivity contribution in [3.63, 3.8) is 0 Å². The van der Waals surface area contributed by atoms with Gasteiger partial charge in [0.2, 0.25) is 10.0 Å². The van der Waals surface area contributed by atoms with Crippen LogP contribution in [0.2, 0.25) is 0 Å². The second kappa shape index (κ2) is 7.10. The van der Waals surface area contributed by atoms with E-state index in [1.807, 2.05) is 0 Å². The molecule has 6 nitrogen and oxygen atoms in total. The summed E-state index contributed by atoms with van der Waals surface area (Å²) in [7, 11) is -3.84. The fourth-order valence-corrected chi connectivity index (χ4v) is 4.78. The number of sulfonamides is 1. The Morgan fingerprint density at radius 2 is 1.88 bits per heavy atom. The zero-order valence-corrected chi connectivity index (χ0v) is 14.3. The van der Waals surface area contributed by atoms with E-state index in [-0.39, 0.29) is 10.9 Å². The Hall–Kier alpha value is -1.36. The lowest BCUT2D eigenvalue weighted by atomic mass is 10.2. The maximum atomic E-state index is 12.7. The number of rotatable bonds is 4. The summed E-state index contributed by atoms with van der Waals surface area (Å²) in [6, 6.07) is 4.68. The van der Waals surface area contributed by atoms with Crippen molar-refractivity contribution in [1.29, 1.82) is 0 Å². The fourth-order valence-electron chi connectivity index (χ4n) is 3.26. The molecule has 10 heteroatoms. The van der Waals surface area contributed by atoms with Crippen molar-refractivity contribution in [3.05, 3.63) is 24.3 Å². The van der Waals surface area contributed by atoms with Crippen LogP contribution >= 0.6 is 0 Å². The molecule has 2 heterocycles. The maximum absolute atomic E-state index is 12.7. The zero-order valence-electron chi connectivity index (χ0n) is 13.5.